The number of rotatable bonds is 2. The number of hydrogen-bond acceptors (Lipinski definition) is 1. The van der Waals surface area contributed by atoms with E-state index in [2.05, 4.69) is 0 Å². The van der Waals surface area contributed by atoms with Crippen LogP contribution in [0.4, 0.5) is 13.2 Å². The van der Waals surface area contributed by atoms with Crippen LogP contribution in [0.5, 0.6) is 0 Å². The number of benzene rings is 1. The maximum Gasteiger partial charge on any atom is 0.416 e. The molecule has 0 bridgehead atoms. The van der Waals surface area contributed by atoms with Gasteiger partial charge in [0.05, 0.1) is 10.9 Å². The predicted molar refractivity (Wildman–Crippen MR) is 72.9 cm³/mol. The third-order valence-corrected chi connectivity index (χ3v) is 4.33. The van der Waals surface area contributed by atoms with Crippen LogP contribution in [0.25, 0.3) is 0 Å². The van der Waals surface area contributed by atoms with Crippen molar-refractivity contribution in [1.82, 2.24) is 0 Å². The van der Waals surface area contributed by atoms with Crippen molar-refractivity contribution in [3.05, 3.63) is 56.8 Å². The normalized spacial score (nSPS) is 13.6. The lowest BCUT2D eigenvalue weighted by molar-refractivity contribution is -0.137. The molecule has 5 heteroatoms. The molecular weight excluding hydrogens is 293 g/mol. The molecule has 0 amide bonds. The predicted octanol–water partition coefficient (Wildman–Crippen LogP) is 5.71. The quantitative estimate of drug-likeness (QED) is 0.623. The molecule has 0 radical (unpaired) electrons. The molecule has 0 nitrogen and oxygen atoms in total. The summed E-state index contributed by atoms with van der Waals surface area (Å²) in [6.07, 6.45) is -4.34. The van der Waals surface area contributed by atoms with Crippen molar-refractivity contribution in [3.63, 3.8) is 0 Å². The van der Waals surface area contributed by atoms with E-state index in [4.69, 9.17) is 11.6 Å². The fourth-order valence-electron chi connectivity index (χ4n) is 1.95. The monoisotopic (exact) mass is 304 g/mol. The number of hydrogen-bond donors (Lipinski definition) is 0. The Balaban J connectivity index is 2.39. The van der Waals surface area contributed by atoms with E-state index in [9.17, 15) is 13.2 Å². The number of alkyl halides is 4. The first-order valence-electron chi connectivity index (χ1n) is 5.67. The van der Waals surface area contributed by atoms with Crippen molar-refractivity contribution in [2.75, 3.05) is 0 Å². The van der Waals surface area contributed by atoms with Crippen LogP contribution < -0.4 is 0 Å². The Bertz CT molecular complexity index is 587. The van der Waals surface area contributed by atoms with Crippen LogP contribution in [0.15, 0.2) is 30.3 Å². The van der Waals surface area contributed by atoms with Crippen LogP contribution in [-0.4, -0.2) is 0 Å². The van der Waals surface area contributed by atoms with Gasteiger partial charge in [-0.25, -0.2) is 0 Å². The average Bonchev–Trinajstić information content (AvgIpc) is 2.66. The van der Waals surface area contributed by atoms with Crippen LogP contribution in [0, 0.1) is 13.8 Å². The van der Waals surface area contributed by atoms with Crippen molar-refractivity contribution < 1.29 is 13.2 Å². The summed E-state index contributed by atoms with van der Waals surface area (Å²) in [5.74, 6) is 0. The second kappa shape index (κ2) is 5.17. The van der Waals surface area contributed by atoms with E-state index in [1.807, 2.05) is 19.9 Å². The number of thiophene rings is 1. The SMILES string of the molecule is Cc1cc(C(Cl)c2cccc(C(F)(F)F)c2)c(C)s1. The van der Waals surface area contributed by atoms with E-state index in [-0.39, 0.29) is 0 Å². The summed E-state index contributed by atoms with van der Waals surface area (Å²) in [7, 11) is 0. The maximum absolute atomic E-state index is 12.7. The van der Waals surface area contributed by atoms with Crippen LogP contribution in [0.1, 0.15) is 31.8 Å². The van der Waals surface area contributed by atoms with Crippen molar-refractivity contribution in [2.45, 2.75) is 25.4 Å². The summed E-state index contributed by atoms with van der Waals surface area (Å²) in [6.45, 7) is 3.88. The molecule has 2 aromatic rings. The molecule has 0 spiro atoms. The highest BCUT2D eigenvalue weighted by molar-refractivity contribution is 7.12. The van der Waals surface area contributed by atoms with Gasteiger partial charge >= 0.3 is 6.18 Å². The average molecular weight is 305 g/mol. The Morgan fingerprint density at radius 1 is 1.16 bits per heavy atom. The highest BCUT2D eigenvalue weighted by atomic mass is 35.5. The Morgan fingerprint density at radius 3 is 2.37 bits per heavy atom. The molecule has 1 heterocycles. The summed E-state index contributed by atoms with van der Waals surface area (Å²) in [5, 5.41) is -0.549. The van der Waals surface area contributed by atoms with Crippen molar-refractivity contribution in [1.29, 1.82) is 0 Å². The second-order valence-corrected chi connectivity index (χ2v) is 6.25. The largest absolute Gasteiger partial charge is 0.416 e. The topological polar surface area (TPSA) is 0 Å². The van der Waals surface area contributed by atoms with E-state index in [1.54, 1.807) is 17.4 Å². The Labute approximate surface area is 118 Å². The minimum Gasteiger partial charge on any atom is -0.166 e. The summed E-state index contributed by atoms with van der Waals surface area (Å²) in [5.41, 5.74) is 0.682. The van der Waals surface area contributed by atoms with E-state index < -0.39 is 17.1 Å². The van der Waals surface area contributed by atoms with Gasteiger partial charge in [0.15, 0.2) is 0 Å². The van der Waals surface area contributed by atoms with Gasteiger partial charge in [-0.3, -0.25) is 0 Å². The van der Waals surface area contributed by atoms with Gasteiger partial charge in [-0.1, -0.05) is 12.1 Å². The zero-order valence-electron chi connectivity index (χ0n) is 10.4. The fraction of sp³-hybridized carbons (Fsp3) is 0.286. The minimum absolute atomic E-state index is 0.470. The first-order chi connectivity index (χ1) is 8.79. The molecule has 0 saturated carbocycles. The van der Waals surface area contributed by atoms with E-state index in [0.717, 1.165) is 27.5 Å². The van der Waals surface area contributed by atoms with Crippen LogP contribution in [0.2, 0.25) is 0 Å². The smallest absolute Gasteiger partial charge is 0.166 e. The molecule has 0 aliphatic heterocycles. The van der Waals surface area contributed by atoms with Crippen LogP contribution >= 0.6 is 22.9 Å². The Kier molecular flexibility index (Phi) is 3.92. The van der Waals surface area contributed by atoms with Gasteiger partial charge in [0.25, 0.3) is 0 Å². The molecule has 1 aromatic carbocycles. The molecule has 19 heavy (non-hydrogen) atoms. The third-order valence-electron chi connectivity index (χ3n) is 2.86. The summed E-state index contributed by atoms with van der Waals surface area (Å²) in [4.78, 5) is 2.14. The Morgan fingerprint density at radius 2 is 1.84 bits per heavy atom. The summed E-state index contributed by atoms with van der Waals surface area (Å²) in [6, 6.07) is 7.11. The summed E-state index contributed by atoms with van der Waals surface area (Å²) >= 11 is 7.91. The lowest BCUT2D eigenvalue weighted by Crippen LogP contribution is -2.06. The lowest BCUT2D eigenvalue weighted by atomic mass is 10.0. The van der Waals surface area contributed by atoms with Crippen molar-refractivity contribution in [2.24, 2.45) is 0 Å². The standard InChI is InChI=1S/C14H12ClF3S/c1-8-6-12(9(2)19-8)13(15)10-4-3-5-11(7-10)14(16,17)18/h3-7,13H,1-2H3. The first-order valence-corrected chi connectivity index (χ1v) is 6.92. The van der Waals surface area contributed by atoms with Crippen molar-refractivity contribution >= 4 is 22.9 Å². The van der Waals surface area contributed by atoms with Gasteiger partial charge in [-0.05, 0) is 43.2 Å². The molecule has 1 aromatic heterocycles. The maximum atomic E-state index is 12.7. The molecule has 1 unspecified atom stereocenters. The van der Waals surface area contributed by atoms with Gasteiger partial charge in [0.2, 0.25) is 0 Å². The molecule has 0 aliphatic carbocycles. The van der Waals surface area contributed by atoms with E-state index >= 15 is 0 Å². The summed E-state index contributed by atoms with van der Waals surface area (Å²) < 4.78 is 38.0. The minimum atomic E-state index is -4.34. The zero-order chi connectivity index (χ0) is 14.2. The first kappa shape index (κ1) is 14.4. The Hall–Kier alpha value is -1.00. The zero-order valence-corrected chi connectivity index (χ0v) is 12.0. The number of halogens is 4. The highest BCUT2D eigenvalue weighted by Crippen LogP contribution is 2.37. The molecule has 1 atom stereocenters. The van der Waals surface area contributed by atoms with Crippen LogP contribution in [-0.2, 0) is 6.18 Å². The molecule has 102 valence electrons. The fourth-order valence-corrected chi connectivity index (χ4v) is 3.34. The van der Waals surface area contributed by atoms with Gasteiger partial charge in [0.1, 0.15) is 0 Å². The van der Waals surface area contributed by atoms with Crippen LogP contribution in [0.3, 0.4) is 0 Å². The molecule has 0 N–H and O–H groups in total. The second-order valence-electron chi connectivity index (χ2n) is 4.35. The van der Waals surface area contributed by atoms with Gasteiger partial charge in [-0.2, -0.15) is 13.2 Å². The third kappa shape index (κ3) is 3.12. The van der Waals surface area contributed by atoms with E-state index in [1.165, 1.54) is 6.07 Å². The van der Waals surface area contributed by atoms with Gasteiger partial charge in [0, 0.05) is 9.75 Å². The molecule has 0 fully saturated rings. The highest BCUT2D eigenvalue weighted by Gasteiger charge is 2.31. The van der Waals surface area contributed by atoms with E-state index in [0.29, 0.717) is 5.56 Å². The van der Waals surface area contributed by atoms with Crippen molar-refractivity contribution in [3.8, 4) is 0 Å². The van der Waals surface area contributed by atoms with Gasteiger partial charge < -0.3 is 0 Å². The molecule has 2 rings (SSSR count). The lowest BCUT2D eigenvalue weighted by Gasteiger charge is -2.13. The number of aryl methyl sites for hydroxylation is 2. The molecule has 0 saturated heterocycles. The molecule has 0 aliphatic rings. The van der Waals surface area contributed by atoms with Gasteiger partial charge in [-0.15, -0.1) is 22.9 Å². The molecular formula is C14H12ClF3S.